The largest absolute Gasteiger partial charge is 0.393 e. The highest BCUT2D eigenvalue weighted by Gasteiger charge is 2.20. The first kappa shape index (κ1) is 14.6. The van der Waals surface area contributed by atoms with Gasteiger partial charge in [0.1, 0.15) is 5.69 Å². The number of nitrogens with zero attached hydrogens (tertiary/aromatic N) is 1. The molecule has 0 saturated carbocycles. The number of aromatic amines is 1. The molecule has 116 valence electrons. The summed E-state index contributed by atoms with van der Waals surface area (Å²) in [5.41, 5.74) is 7.59. The van der Waals surface area contributed by atoms with Gasteiger partial charge in [0.05, 0.1) is 10.5 Å². The molecule has 3 aromatic rings. The monoisotopic (exact) mass is 310 g/mol. The smallest absolute Gasteiger partial charge is 0.293 e. The number of fused-ring (bicyclic) bond motifs is 1. The van der Waals surface area contributed by atoms with Crippen molar-refractivity contribution >= 4 is 33.9 Å². The predicted molar refractivity (Wildman–Crippen MR) is 88.5 cm³/mol. The van der Waals surface area contributed by atoms with Crippen LogP contribution in [-0.4, -0.2) is 15.8 Å². The SMILES string of the molecule is Cc1cc(C(=O)Nc2ccc3[nH]ccc3c2)c(N)c([N+](=O)[O-])c1. The zero-order valence-electron chi connectivity index (χ0n) is 12.3. The number of aryl methyl sites for hydroxylation is 1. The van der Waals surface area contributed by atoms with Gasteiger partial charge in [0.15, 0.2) is 0 Å². The van der Waals surface area contributed by atoms with Crippen molar-refractivity contribution in [3.63, 3.8) is 0 Å². The molecule has 0 aliphatic heterocycles. The van der Waals surface area contributed by atoms with Crippen LogP contribution >= 0.6 is 0 Å². The van der Waals surface area contributed by atoms with E-state index in [2.05, 4.69) is 10.3 Å². The molecule has 0 saturated heterocycles. The highest BCUT2D eigenvalue weighted by molar-refractivity contribution is 6.09. The molecular weight excluding hydrogens is 296 g/mol. The number of carbonyl (C=O) groups excluding carboxylic acids is 1. The van der Waals surface area contributed by atoms with E-state index in [0.29, 0.717) is 11.3 Å². The van der Waals surface area contributed by atoms with Gasteiger partial charge in [-0.05, 0) is 42.8 Å². The Morgan fingerprint density at radius 3 is 2.78 bits per heavy atom. The average molecular weight is 310 g/mol. The molecule has 0 aliphatic carbocycles. The van der Waals surface area contributed by atoms with Crippen LogP contribution in [0.25, 0.3) is 10.9 Å². The van der Waals surface area contributed by atoms with Gasteiger partial charge in [-0.25, -0.2) is 0 Å². The Bertz CT molecular complexity index is 930. The molecular formula is C16H14N4O3. The van der Waals surface area contributed by atoms with Crippen molar-refractivity contribution in [2.75, 3.05) is 11.1 Å². The maximum absolute atomic E-state index is 12.4. The first-order valence-corrected chi connectivity index (χ1v) is 6.88. The number of nitrogens with two attached hydrogens (primary N) is 1. The molecule has 0 aliphatic rings. The van der Waals surface area contributed by atoms with Gasteiger partial charge >= 0.3 is 0 Å². The lowest BCUT2D eigenvalue weighted by atomic mass is 10.1. The molecule has 0 atom stereocenters. The highest BCUT2D eigenvalue weighted by atomic mass is 16.6. The van der Waals surface area contributed by atoms with Crippen molar-refractivity contribution in [1.29, 1.82) is 0 Å². The number of aromatic nitrogens is 1. The van der Waals surface area contributed by atoms with Crippen LogP contribution in [0.15, 0.2) is 42.6 Å². The number of hydrogen-bond acceptors (Lipinski definition) is 4. The van der Waals surface area contributed by atoms with E-state index >= 15 is 0 Å². The normalized spacial score (nSPS) is 10.7. The second kappa shape index (κ2) is 5.45. The first-order chi connectivity index (χ1) is 11.0. The number of rotatable bonds is 3. The average Bonchev–Trinajstić information content (AvgIpc) is 2.96. The fourth-order valence-electron chi connectivity index (χ4n) is 2.45. The van der Waals surface area contributed by atoms with Crippen LogP contribution in [0.4, 0.5) is 17.1 Å². The van der Waals surface area contributed by atoms with E-state index in [1.807, 2.05) is 18.2 Å². The summed E-state index contributed by atoms with van der Waals surface area (Å²) in [6.45, 7) is 1.68. The summed E-state index contributed by atoms with van der Waals surface area (Å²) in [4.78, 5) is 25.9. The number of H-pyrrole nitrogens is 1. The summed E-state index contributed by atoms with van der Waals surface area (Å²) in [5, 5.41) is 14.7. The minimum absolute atomic E-state index is 0.0888. The number of amides is 1. The third kappa shape index (κ3) is 2.71. The lowest BCUT2D eigenvalue weighted by molar-refractivity contribution is -0.384. The summed E-state index contributed by atoms with van der Waals surface area (Å²) in [7, 11) is 0. The Kier molecular flexibility index (Phi) is 3.46. The van der Waals surface area contributed by atoms with Crippen LogP contribution in [0, 0.1) is 17.0 Å². The van der Waals surface area contributed by atoms with Gasteiger partial charge in [-0.2, -0.15) is 0 Å². The minimum Gasteiger partial charge on any atom is -0.393 e. The van der Waals surface area contributed by atoms with Crippen LogP contribution in [-0.2, 0) is 0 Å². The van der Waals surface area contributed by atoms with Crippen LogP contribution in [0.2, 0.25) is 0 Å². The van der Waals surface area contributed by atoms with Gasteiger partial charge in [-0.3, -0.25) is 14.9 Å². The summed E-state index contributed by atoms with van der Waals surface area (Å²) in [6, 6.07) is 10.2. The van der Waals surface area contributed by atoms with Gasteiger partial charge < -0.3 is 16.0 Å². The lowest BCUT2D eigenvalue weighted by Gasteiger charge is -2.09. The fraction of sp³-hybridized carbons (Fsp3) is 0.0625. The summed E-state index contributed by atoms with van der Waals surface area (Å²) >= 11 is 0. The third-order valence-corrected chi connectivity index (χ3v) is 3.56. The van der Waals surface area contributed by atoms with Crippen molar-refractivity contribution < 1.29 is 9.72 Å². The van der Waals surface area contributed by atoms with Gasteiger partial charge in [-0.15, -0.1) is 0 Å². The van der Waals surface area contributed by atoms with Crippen LogP contribution in [0.1, 0.15) is 15.9 Å². The van der Waals surface area contributed by atoms with E-state index in [0.717, 1.165) is 10.9 Å². The molecule has 0 radical (unpaired) electrons. The van der Waals surface area contributed by atoms with E-state index in [1.165, 1.54) is 12.1 Å². The maximum atomic E-state index is 12.4. The van der Waals surface area contributed by atoms with Gasteiger partial charge in [-0.1, -0.05) is 0 Å². The van der Waals surface area contributed by atoms with Gasteiger partial charge in [0.25, 0.3) is 11.6 Å². The molecule has 2 aromatic carbocycles. The van der Waals surface area contributed by atoms with Crippen molar-refractivity contribution in [2.24, 2.45) is 0 Å². The standard InChI is InChI=1S/C16H14N4O3/c1-9-6-12(15(17)14(7-9)20(22)23)16(21)19-11-2-3-13-10(8-11)4-5-18-13/h2-8,18H,17H2,1H3,(H,19,21). The summed E-state index contributed by atoms with van der Waals surface area (Å²) in [6.07, 6.45) is 1.80. The molecule has 1 amide bonds. The Hall–Kier alpha value is -3.35. The first-order valence-electron chi connectivity index (χ1n) is 6.88. The molecule has 7 heteroatoms. The molecule has 0 spiro atoms. The number of carbonyl (C=O) groups is 1. The number of anilines is 2. The maximum Gasteiger partial charge on any atom is 0.293 e. The molecule has 0 fully saturated rings. The Morgan fingerprint density at radius 2 is 2.04 bits per heavy atom. The Balaban J connectivity index is 1.95. The van der Waals surface area contributed by atoms with Gasteiger partial charge in [0, 0.05) is 28.9 Å². The Labute approximate surface area is 131 Å². The second-order valence-corrected chi connectivity index (χ2v) is 5.24. The third-order valence-electron chi connectivity index (χ3n) is 3.56. The van der Waals surface area contributed by atoms with E-state index in [4.69, 9.17) is 5.73 Å². The molecule has 4 N–H and O–H groups in total. The zero-order valence-corrected chi connectivity index (χ0v) is 12.3. The van der Waals surface area contributed by atoms with Crippen LogP contribution < -0.4 is 11.1 Å². The van der Waals surface area contributed by atoms with Crippen LogP contribution in [0.5, 0.6) is 0 Å². The van der Waals surface area contributed by atoms with Crippen molar-refractivity contribution in [3.8, 4) is 0 Å². The minimum atomic E-state index is -0.592. The fourth-order valence-corrected chi connectivity index (χ4v) is 2.45. The molecule has 0 bridgehead atoms. The van der Waals surface area contributed by atoms with E-state index in [-0.39, 0.29) is 16.9 Å². The topological polar surface area (TPSA) is 114 Å². The van der Waals surface area contributed by atoms with Crippen molar-refractivity contribution in [2.45, 2.75) is 6.92 Å². The van der Waals surface area contributed by atoms with E-state index < -0.39 is 10.8 Å². The number of nitro groups is 1. The molecule has 1 heterocycles. The van der Waals surface area contributed by atoms with Crippen molar-refractivity contribution in [3.05, 3.63) is 63.8 Å². The summed E-state index contributed by atoms with van der Waals surface area (Å²) in [5.74, 6) is -0.482. The molecule has 3 rings (SSSR count). The number of nitrogens with one attached hydrogen (secondary N) is 2. The zero-order chi connectivity index (χ0) is 16.6. The second-order valence-electron chi connectivity index (χ2n) is 5.24. The predicted octanol–water partition coefficient (Wildman–Crippen LogP) is 3.22. The summed E-state index contributed by atoms with van der Waals surface area (Å²) < 4.78 is 0. The molecule has 7 nitrogen and oxygen atoms in total. The van der Waals surface area contributed by atoms with Crippen molar-refractivity contribution in [1.82, 2.24) is 4.98 Å². The quantitative estimate of drug-likeness (QED) is 0.391. The number of nitrogen functional groups attached to an aromatic ring is 1. The molecule has 0 unspecified atom stereocenters. The number of hydrogen-bond donors (Lipinski definition) is 3. The number of nitro benzene ring substituents is 1. The van der Waals surface area contributed by atoms with E-state index in [1.54, 1.807) is 19.2 Å². The lowest BCUT2D eigenvalue weighted by Crippen LogP contribution is -2.15. The highest BCUT2D eigenvalue weighted by Crippen LogP contribution is 2.28. The molecule has 23 heavy (non-hydrogen) atoms. The number of benzene rings is 2. The van der Waals surface area contributed by atoms with Crippen LogP contribution in [0.3, 0.4) is 0 Å². The van der Waals surface area contributed by atoms with Gasteiger partial charge in [0.2, 0.25) is 0 Å². The molecule has 1 aromatic heterocycles. The Morgan fingerprint density at radius 1 is 1.26 bits per heavy atom. The van der Waals surface area contributed by atoms with E-state index in [9.17, 15) is 14.9 Å².